The molecular weight excluding hydrogens is 256 g/mol. The van der Waals surface area contributed by atoms with Crippen LogP contribution in [0.5, 0.6) is 11.5 Å². The molecule has 1 unspecified atom stereocenters. The van der Waals surface area contributed by atoms with Gasteiger partial charge in [-0.3, -0.25) is 4.79 Å². The smallest absolute Gasteiger partial charge is 0.223 e. The lowest BCUT2D eigenvalue weighted by atomic mass is 10.1. The minimum absolute atomic E-state index is 0.0534. The van der Waals surface area contributed by atoms with Gasteiger partial charge >= 0.3 is 0 Å². The van der Waals surface area contributed by atoms with Crippen LogP contribution in [0, 0.1) is 0 Å². The second-order valence-corrected chi connectivity index (χ2v) is 4.71. The molecular formula is C15H24N2O3. The Labute approximate surface area is 120 Å². The van der Waals surface area contributed by atoms with Crippen LogP contribution in [-0.4, -0.2) is 44.2 Å². The lowest BCUT2D eigenvalue weighted by Crippen LogP contribution is -2.35. The molecule has 0 aliphatic carbocycles. The van der Waals surface area contributed by atoms with Crippen molar-refractivity contribution in [2.24, 2.45) is 5.73 Å². The Bertz CT molecular complexity index is 406. The summed E-state index contributed by atoms with van der Waals surface area (Å²) in [6.45, 7) is 2.97. The van der Waals surface area contributed by atoms with E-state index in [4.69, 9.17) is 15.2 Å². The fourth-order valence-electron chi connectivity index (χ4n) is 1.62. The van der Waals surface area contributed by atoms with E-state index in [1.807, 2.05) is 31.2 Å². The second-order valence-electron chi connectivity index (χ2n) is 4.71. The van der Waals surface area contributed by atoms with Gasteiger partial charge in [0.05, 0.1) is 13.7 Å². The molecule has 0 saturated heterocycles. The van der Waals surface area contributed by atoms with Crippen molar-refractivity contribution >= 4 is 5.91 Å². The van der Waals surface area contributed by atoms with E-state index in [1.165, 1.54) is 0 Å². The lowest BCUT2D eigenvalue weighted by molar-refractivity contribution is -0.130. The molecule has 0 fully saturated rings. The number of nitrogens with zero attached hydrogens (tertiary/aromatic N) is 1. The van der Waals surface area contributed by atoms with Crippen LogP contribution in [0.2, 0.25) is 0 Å². The van der Waals surface area contributed by atoms with Gasteiger partial charge in [0.2, 0.25) is 5.91 Å². The Balaban J connectivity index is 2.30. The molecule has 1 rings (SSSR count). The molecule has 1 amide bonds. The maximum Gasteiger partial charge on any atom is 0.223 e. The number of nitrogens with two attached hydrogens (primary N) is 1. The van der Waals surface area contributed by atoms with Gasteiger partial charge in [-0.15, -0.1) is 0 Å². The molecule has 0 aliphatic rings. The zero-order valence-corrected chi connectivity index (χ0v) is 12.5. The van der Waals surface area contributed by atoms with Gasteiger partial charge in [-0.05, 0) is 30.7 Å². The zero-order valence-electron chi connectivity index (χ0n) is 12.5. The molecule has 2 N–H and O–H groups in total. The van der Waals surface area contributed by atoms with Crippen LogP contribution in [-0.2, 0) is 4.79 Å². The summed E-state index contributed by atoms with van der Waals surface area (Å²) in [4.78, 5) is 13.5. The van der Waals surface area contributed by atoms with Crippen LogP contribution in [0.1, 0.15) is 19.8 Å². The summed E-state index contributed by atoms with van der Waals surface area (Å²) in [5.41, 5.74) is 5.77. The number of carbonyl (C=O) groups excluding carboxylic acids is 1. The lowest BCUT2D eigenvalue weighted by Gasteiger charge is -2.19. The Hall–Kier alpha value is -1.75. The molecule has 0 aromatic heterocycles. The minimum atomic E-state index is -0.0625. The number of amides is 1. The average molecular weight is 280 g/mol. The molecule has 20 heavy (non-hydrogen) atoms. The first-order valence-electron chi connectivity index (χ1n) is 6.83. The van der Waals surface area contributed by atoms with Gasteiger partial charge in [-0.1, -0.05) is 6.92 Å². The predicted molar refractivity (Wildman–Crippen MR) is 79.0 cm³/mol. The predicted octanol–water partition coefficient (Wildman–Crippen LogP) is 1.66. The van der Waals surface area contributed by atoms with Gasteiger partial charge in [-0.25, -0.2) is 0 Å². The van der Waals surface area contributed by atoms with Crippen LogP contribution in [0.3, 0.4) is 0 Å². The fourth-order valence-corrected chi connectivity index (χ4v) is 1.62. The first-order chi connectivity index (χ1) is 9.56. The summed E-state index contributed by atoms with van der Waals surface area (Å²) in [6.07, 6.45) is 1.19. The van der Waals surface area contributed by atoms with Gasteiger partial charge in [0.25, 0.3) is 0 Å². The summed E-state index contributed by atoms with van der Waals surface area (Å²) in [7, 11) is 3.39. The summed E-state index contributed by atoms with van der Waals surface area (Å²) in [5.74, 6) is 1.60. The molecule has 0 saturated carbocycles. The molecule has 1 aromatic rings. The largest absolute Gasteiger partial charge is 0.497 e. The third-order valence-corrected chi connectivity index (χ3v) is 3.14. The first kappa shape index (κ1) is 16.3. The van der Waals surface area contributed by atoms with Crippen molar-refractivity contribution in [3.8, 4) is 11.5 Å². The molecule has 1 aromatic carbocycles. The summed E-state index contributed by atoms with van der Waals surface area (Å²) < 4.78 is 10.6. The van der Waals surface area contributed by atoms with Crippen molar-refractivity contribution < 1.29 is 14.3 Å². The molecule has 5 nitrogen and oxygen atoms in total. The average Bonchev–Trinajstić information content (AvgIpc) is 2.47. The van der Waals surface area contributed by atoms with Gasteiger partial charge in [0.1, 0.15) is 18.1 Å². The van der Waals surface area contributed by atoms with Crippen molar-refractivity contribution in [2.75, 3.05) is 27.3 Å². The molecule has 0 radical (unpaired) electrons. The first-order valence-corrected chi connectivity index (χ1v) is 6.83. The molecule has 0 spiro atoms. The van der Waals surface area contributed by atoms with Crippen molar-refractivity contribution in [2.45, 2.75) is 25.8 Å². The quantitative estimate of drug-likeness (QED) is 0.786. The Morgan fingerprint density at radius 3 is 2.45 bits per heavy atom. The number of ether oxygens (including phenoxy) is 2. The Kier molecular flexibility index (Phi) is 6.87. The van der Waals surface area contributed by atoms with Crippen molar-refractivity contribution in [1.29, 1.82) is 0 Å². The maximum atomic E-state index is 11.8. The standard InChI is InChI=1S/C15H24N2O3/c1-4-12(16)11-15(18)17(2)9-10-20-14-7-5-13(19-3)6-8-14/h5-8,12H,4,9-11,16H2,1-3H3. The third kappa shape index (κ3) is 5.48. The molecule has 5 heteroatoms. The van der Waals surface area contributed by atoms with Gasteiger partial charge in [-0.2, -0.15) is 0 Å². The van der Waals surface area contributed by atoms with Crippen LogP contribution >= 0.6 is 0 Å². The highest BCUT2D eigenvalue weighted by Gasteiger charge is 2.12. The van der Waals surface area contributed by atoms with Crippen molar-refractivity contribution in [1.82, 2.24) is 4.90 Å². The highest BCUT2D eigenvalue weighted by Crippen LogP contribution is 2.16. The highest BCUT2D eigenvalue weighted by molar-refractivity contribution is 5.76. The van der Waals surface area contributed by atoms with Crippen molar-refractivity contribution in [3.05, 3.63) is 24.3 Å². The van der Waals surface area contributed by atoms with E-state index >= 15 is 0 Å². The SMILES string of the molecule is CCC(N)CC(=O)N(C)CCOc1ccc(OC)cc1. The van der Waals surface area contributed by atoms with E-state index in [9.17, 15) is 4.79 Å². The number of likely N-dealkylation sites (N-methyl/N-ethyl adjacent to an activating group) is 1. The third-order valence-electron chi connectivity index (χ3n) is 3.14. The van der Waals surface area contributed by atoms with E-state index in [0.717, 1.165) is 17.9 Å². The minimum Gasteiger partial charge on any atom is -0.497 e. The summed E-state index contributed by atoms with van der Waals surface area (Å²) in [6, 6.07) is 7.29. The molecule has 0 heterocycles. The van der Waals surface area contributed by atoms with Gasteiger partial charge in [0, 0.05) is 19.5 Å². The monoisotopic (exact) mass is 280 g/mol. The summed E-state index contributed by atoms with van der Waals surface area (Å²) >= 11 is 0. The Morgan fingerprint density at radius 1 is 1.30 bits per heavy atom. The number of benzene rings is 1. The topological polar surface area (TPSA) is 64.8 Å². The van der Waals surface area contributed by atoms with Crippen LogP contribution < -0.4 is 15.2 Å². The van der Waals surface area contributed by atoms with Crippen LogP contribution in [0.25, 0.3) is 0 Å². The number of rotatable bonds is 8. The van der Waals surface area contributed by atoms with E-state index in [-0.39, 0.29) is 11.9 Å². The zero-order chi connectivity index (χ0) is 15.0. The number of methoxy groups -OCH3 is 1. The number of hydrogen-bond donors (Lipinski definition) is 1. The van der Waals surface area contributed by atoms with E-state index < -0.39 is 0 Å². The van der Waals surface area contributed by atoms with Gasteiger partial charge < -0.3 is 20.1 Å². The van der Waals surface area contributed by atoms with Gasteiger partial charge in [0.15, 0.2) is 0 Å². The molecule has 0 bridgehead atoms. The highest BCUT2D eigenvalue weighted by atomic mass is 16.5. The number of carbonyl (C=O) groups is 1. The van der Waals surface area contributed by atoms with E-state index in [0.29, 0.717) is 19.6 Å². The maximum absolute atomic E-state index is 11.8. The normalized spacial score (nSPS) is 11.8. The fraction of sp³-hybridized carbons (Fsp3) is 0.533. The number of hydrogen-bond acceptors (Lipinski definition) is 4. The molecule has 1 atom stereocenters. The van der Waals surface area contributed by atoms with E-state index in [1.54, 1.807) is 19.1 Å². The molecule has 0 aliphatic heterocycles. The summed E-state index contributed by atoms with van der Waals surface area (Å²) in [5, 5.41) is 0. The van der Waals surface area contributed by atoms with E-state index in [2.05, 4.69) is 0 Å². The van der Waals surface area contributed by atoms with Crippen LogP contribution in [0.15, 0.2) is 24.3 Å². The Morgan fingerprint density at radius 2 is 1.90 bits per heavy atom. The van der Waals surface area contributed by atoms with Crippen LogP contribution in [0.4, 0.5) is 0 Å². The molecule has 112 valence electrons. The second kappa shape index (κ2) is 8.43. The van der Waals surface area contributed by atoms with Crippen molar-refractivity contribution in [3.63, 3.8) is 0 Å².